The maximum atomic E-state index is 11.9. The van der Waals surface area contributed by atoms with Gasteiger partial charge < -0.3 is 15.4 Å². The second-order valence-electron chi connectivity index (χ2n) is 4.52. The van der Waals surface area contributed by atoms with Crippen LogP contribution in [0.3, 0.4) is 0 Å². The van der Waals surface area contributed by atoms with E-state index in [1.165, 1.54) is 0 Å². The van der Waals surface area contributed by atoms with Crippen LogP contribution >= 0.6 is 0 Å². The standard InChI is InChI=1S/C14H19N5O2/c1-4-21-13-11(6-5-7-15-13)8-16-14(20)17-12-9(2)18-19-10(12)3/h5-7H,4,8H2,1-3H3,(H,18,19)(H2,16,17,20). The number of aryl methyl sites for hydroxylation is 2. The number of hydrogen-bond donors (Lipinski definition) is 3. The highest BCUT2D eigenvalue weighted by molar-refractivity contribution is 5.90. The van der Waals surface area contributed by atoms with Crippen LogP contribution in [0, 0.1) is 13.8 Å². The number of rotatable bonds is 5. The Morgan fingerprint density at radius 2 is 2.24 bits per heavy atom. The molecule has 7 nitrogen and oxygen atoms in total. The van der Waals surface area contributed by atoms with Crippen molar-refractivity contribution in [1.29, 1.82) is 0 Å². The average Bonchev–Trinajstić information content (AvgIpc) is 2.78. The zero-order valence-corrected chi connectivity index (χ0v) is 12.4. The minimum Gasteiger partial charge on any atom is -0.478 e. The van der Waals surface area contributed by atoms with Crippen molar-refractivity contribution in [2.24, 2.45) is 0 Å². The van der Waals surface area contributed by atoms with E-state index >= 15 is 0 Å². The first-order valence-electron chi connectivity index (χ1n) is 6.75. The number of H-pyrrole nitrogens is 1. The number of amides is 2. The lowest BCUT2D eigenvalue weighted by atomic mass is 10.2. The Kier molecular flexibility index (Phi) is 4.76. The van der Waals surface area contributed by atoms with Gasteiger partial charge in [0.15, 0.2) is 0 Å². The van der Waals surface area contributed by atoms with E-state index in [1.807, 2.05) is 32.9 Å². The molecule has 0 unspecified atom stereocenters. The minimum absolute atomic E-state index is 0.297. The van der Waals surface area contributed by atoms with Crippen LogP contribution in [-0.4, -0.2) is 27.8 Å². The van der Waals surface area contributed by atoms with Gasteiger partial charge in [-0.2, -0.15) is 5.10 Å². The van der Waals surface area contributed by atoms with E-state index in [2.05, 4.69) is 25.8 Å². The Hall–Kier alpha value is -2.57. The summed E-state index contributed by atoms with van der Waals surface area (Å²) in [6.07, 6.45) is 1.66. The molecule has 2 heterocycles. The number of urea groups is 1. The summed E-state index contributed by atoms with van der Waals surface area (Å²) in [5.41, 5.74) is 3.09. The van der Waals surface area contributed by atoms with E-state index in [-0.39, 0.29) is 6.03 Å². The summed E-state index contributed by atoms with van der Waals surface area (Å²) < 4.78 is 5.42. The first-order valence-corrected chi connectivity index (χ1v) is 6.75. The van der Waals surface area contributed by atoms with Crippen molar-refractivity contribution in [3.63, 3.8) is 0 Å². The number of aromatic amines is 1. The Morgan fingerprint density at radius 1 is 1.43 bits per heavy atom. The van der Waals surface area contributed by atoms with Crippen molar-refractivity contribution in [3.8, 4) is 5.88 Å². The summed E-state index contributed by atoms with van der Waals surface area (Å²) in [5, 5.41) is 12.4. The molecule has 0 aliphatic carbocycles. The zero-order valence-electron chi connectivity index (χ0n) is 12.4. The van der Waals surface area contributed by atoms with Crippen LogP contribution < -0.4 is 15.4 Å². The summed E-state index contributed by atoms with van der Waals surface area (Å²) in [7, 11) is 0. The van der Waals surface area contributed by atoms with Crippen molar-refractivity contribution in [2.75, 3.05) is 11.9 Å². The molecule has 0 radical (unpaired) electrons. The predicted octanol–water partition coefficient (Wildman–Crippen LogP) is 2.14. The van der Waals surface area contributed by atoms with Gasteiger partial charge in [0, 0.05) is 18.3 Å². The average molecular weight is 289 g/mol. The SMILES string of the molecule is CCOc1ncccc1CNC(=O)Nc1c(C)n[nH]c1C. The van der Waals surface area contributed by atoms with E-state index in [0.29, 0.717) is 24.7 Å². The number of nitrogens with zero attached hydrogens (tertiary/aromatic N) is 2. The number of carbonyl (C=O) groups excluding carboxylic acids is 1. The molecule has 0 saturated carbocycles. The number of aromatic nitrogens is 3. The van der Waals surface area contributed by atoms with Gasteiger partial charge in [-0.25, -0.2) is 9.78 Å². The number of anilines is 1. The molecule has 112 valence electrons. The minimum atomic E-state index is -0.297. The van der Waals surface area contributed by atoms with Crippen LogP contribution in [0.4, 0.5) is 10.5 Å². The Bertz CT molecular complexity index is 604. The molecule has 2 aromatic heterocycles. The first-order chi connectivity index (χ1) is 10.1. The fraction of sp³-hybridized carbons (Fsp3) is 0.357. The summed E-state index contributed by atoms with van der Waals surface area (Å²) >= 11 is 0. The number of carbonyl (C=O) groups is 1. The molecular weight excluding hydrogens is 270 g/mol. The van der Waals surface area contributed by atoms with Crippen LogP contribution in [0.1, 0.15) is 23.9 Å². The molecule has 0 aliphatic heterocycles. The van der Waals surface area contributed by atoms with Gasteiger partial charge in [-0.3, -0.25) is 5.10 Å². The molecule has 0 bridgehead atoms. The van der Waals surface area contributed by atoms with Crippen LogP contribution in [0.25, 0.3) is 0 Å². The highest BCUT2D eigenvalue weighted by atomic mass is 16.5. The molecule has 2 aromatic rings. The quantitative estimate of drug-likeness (QED) is 0.786. The number of hydrogen-bond acceptors (Lipinski definition) is 4. The van der Waals surface area contributed by atoms with Crippen molar-refractivity contribution < 1.29 is 9.53 Å². The maximum Gasteiger partial charge on any atom is 0.319 e. The molecular formula is C14H19N5O2. The largest absolute Gasteiger partial charge is 0.478 e. The van der Waals surface area contributed by atoms with E-state index in [4.69, 9.17) is 4.74 Å². The number of pyridine rings is 1. The second kappa shape index (κ2) is 6.74. The highest BCUT2D eigenvalue weighted by Gasteiger charge is 2.11. The molecule has 0 aromatic carbocycles. The third-order valence-electron chi connectivity index (χ3n) is 2.94. The molecule has 0 saturated heterocycles. The van der Waals surface area contributed by atoms with Gasteiger partial charge >= 0.3 is 6.03 Å². The first kappa shape index (κ1) is 14.8. The van der Waals surface area contributed by atoms with E-state index < -0.39 is 0 Å². The predicted molar refractivity (Wildman–Crippen MR) is 79.3 cm³/mol. The second-order valence-corrected chi connectivity index (χ2v) is 4.52. The Labute approximate surface area is 123 Å². The normalized spacial score (nSPS) is 10.2. The van der Waals surface area contributed by atoms with Crippen LogP contribution in [0.5, 0.6) is 5.88 Å². The highest BCUT2D eigenvalue weighted by Crippen LogP contribution is 2.16. The molecule has 0 atom stereocenters. The molecule has 2 amide bonds. The summed E-state index contributed by atoms with van der Waals surface area (Å²) in [6, 6.07) is 3.38. The Morgan fingerprint density at radius 3 is 2.90 bits per heavy atom. The van der Waals surface area contributed by atoms with Gasteiger partial charge in [0.2, 0.25) is 5.88 Å². The maximum absolute atomic E-state index is 11.9. The summed E-state index contributed by atoms with van der Waals surface area (Å²) in [5.74, 6) is 0.538. The van der Waals surface area contributed by atoms with Gasteiger partial charge in [0.05, 0.1) is 23.7 Å². The van der Waals surface area contributed by atoms with Crippen molar-refractivity contribution in [3.05, 3.63) is 35.3 Å². The van der Waals surface area contributed by atoms with Gasteiger partial charge in [-0.15, -0.1) is 0 Å². The van der Waals surface area contributed by atoms with Crippen molar-refractivity contribution >= 4 is 11.7 Å². The number of nitrogens with one attached hydrogen (secondary N) is 3. The van der Waals surface area contributed by atoms with Gasteiger partial charge in [0.1, 0.15) is 0 Å². The molecule has 0 aliphatic rings. The van der Waals surface area contributed by atoms with Crippen LogP contribution in [0.15, 0.2) is 18.3 Å². The van der Waals surface area contributed by atoms with Crippen LogP contribution in [-0.2, 0) is 6.54 Å². The fourth-order valence-corrected chi connectivity index (χ4v) is 1.89. The zero-order chi connectivity index (χ0) is 15.2. The number of ether oxygens (including phenoxy) is 1. The van der Waals surface area contributed by atoms with Crippen molar-refractivity contribution in [2.45, 2.75) is 27.3 Å². The van der Waals surface area contributed by atoms with Gasteiger partial charge in [0.25, 0.3) is 0 Å². The molecule has 0 spiro atoms. The molecule has 0 fully saturated rings. The topological polar surface area (TPSA) is 91.9 Å². The monoisotopic (exact) mass is 289 g/mol. The lowest BCUT2D eigenvalue weighted by Crippen LogP contribution is -2.28. The molecule has 7 heteroatoms. The molecule has 21 heavy (non-hydrogen) atoms. The Balaban J connectivity index is 1.96. The smallest absolute Gasteiger partial charge is 0.319 e. The van der Waals surface area contributed by atoms with Crippen LogP contribution in [0.2, 0.25) is 0 Å². The molecule has 3 N–H and O–H groups in total. The van der Waals surface area contributed by atoms with E-state index in [1.54, 1.807) is 6.20 Å². The fourth-order valence-electron chi connectivity index (χ4n) is 1.89. The van der Waals surface area contributed by atoms with E-state index in [0.717, 1.165) is 17.0 Å². The third kappa shape index (κ3) is 3.71. The summed E-state index contributed by atoms with van der Waals surface area (Å²) in [6.45, 7) is 6.44. The van der Waals surface area contributed by atoms with Gasteiger partial charge in [-0.05, 0) is 26.8 Å². The lowest BCUT2D eigenvalue weighted by Gasteiger charge is -2.10. The van der Waals surface area contributed by atoms with Gasteiger partial charge in [-0.1, -0.05) is 6.07 Å². The van der Waals surface area contributed by atoms with E-state index in [9.17, 15) is 4.79 Å². The summed E-state index contributed by atoms with van der Waals surface area (Å²) in [4.78, 5) is 16.1. The lowest BCUT2D eigenvalue weighted by molar-refractivity contribution is 0.251. The van der Waals surface area contributed by atoms with Crippen molar-refractivity contribution in [1.82, 2.24) is 20.5 Å². The molecule has 2 rings (SSSR count). The third-order valence-corrected chi connectivity index (χ3v) is 2.94.